The second-order valence-electron chi connectivity index (χ2n) is 4.55. The minimum Gasteiger partial charge on any atom is -0.351 e. The van der Waals surface area contributed by atoms with Crippen molar-refractivity contribution in [3.05, 3.63) is 37.4 Å². The predicted molar refractivity (Wildman–Crippen MR) is 92.5 cm³/mol. The van der Waals surface area contributed by atoms with E-state index < -0.39 is 0 Å². The Morgan fingerprint density at radius 3 is 2.86 bits per heavy atom. The summed E-state index contributed by atoms with van der Waals surface area (Å²) in [5.41, 5.74) is 1.06. The quantitative estimate of drug-likeness (QED) is 0.666. The predicted octanol–water partition coefficient (Wildman–Crippen LogP) is 3.63. The molecule has 2 rings (SSSR count). The second-order valence-corrected chi connectivity index (χ2v) is 7.29. The van der Waals surface area contributed by atoms with Crippen LogP contribution in [0.15, 0.2) is 22.5 Å². The fourth-order valence-corrected chi connectivity index (χ4v) is 3.78. The van der Waals surface area contributed by atoms with Gasteiger partial charge in [0.05, 0.1) is 28.1 Å². The summed E-state index contributed by atoms with van der Waals surface area (Å²) in [5, 5.41) is 6.61. The molecule has 21 heavy (non-hydrogen) atoms. The molecule has 0 atom stereocenters. The summed E-state index contributed by atoms with van der Waals surface area (Å²) in [6, 6.07) is 3.97. The van der Waals surface area contributed by atoms with Crippen LogP contribution in [0.25, 0.3) is 0 Å². The van der Waals surface area contributed by atoms with Gasteiger partial charge >= 0.3 is 0 Å². The van der Waals surface area contributed by atoms with Crippen LogP contribution in [0.1, 0.15) is 22.5 Å². The van der Waals surface area contributed by atoms with Crippen molar-refractivity contribution in [3.8, 4) is 0 Å². The van der Waals surface area contributed by atoms with Gasteiger partial charge < -0.3 is 10.2 Å². The molecule has 0 aliphatic carbocycles. The van der Waals surface area contributed by atoms with E-state index in [1.54, 1.807) is 29.7 Å². The number of aryl methyl sites for hydroxylation is 1. The van der Waals surface area contributed by atoms with Gasteiger partial charge in [-0.3, -0.25) is 4.99 Å². The molecule has 0 amide bonds. The molecule has 0 bridgehead atoms. The highest BCUT2D eigenvalue weighted by Crippen LogP contribution is 2.22. The van der Waals surface area contributed by atoms with Crippen LogP contribution in [0, 0.1) is 0 Å². The maximum Gasteiger partial charge on any atom is 0.194 e. The summed E-state index contributed by atoms with van der Waals surface area (Å²) in [6.45, 7) is 3.60. The van der Waals surface area contributed by atoms with Crippen molar-refractivity contribution in [1.29, 1.82) is 0 Å². The average Bonchev–Trinajstić information content (AvgIpc) is 3.08. The van der Waals surface area contributed by atoms with E-state index >= 15 is 0 Å². The third kappa shape index (κ3) is 4.69. The molecule has 0 fully saturated rings. The summed E-state index contributed by atoms with van der Waals surface area (Å²) < 4.78 is 0.816. The van der Waals surface area contributed by atoms with Gasteiger partial charge in [0.2, 0.25) is 0 Å². The highest BCUT2D eigenvalue weighted by molar-refractivity contribution is 7.16. The van der Waals surface area contributed by atoms with E-state index in [1.807, 2.05) is 19.2 Å². The number of guanidine groups is 1. The Hall–Kier alpha value is -1.11. The normalized spacial score (nSPS) is 11.7. The van der Waals surface area contributed by atoms with Crippen molar-refractivity contribution in [2.45, 2.75) is 26.4 Å². The Bertz CT molecular complexity index is 606. The topological polar surface area (TPSA) is 40.5 Å². The number of hydrogen-bond donors (Lipinski definition) is 1. The van der Waals surface area contributed by atoms with E-state index in [0.29, 0.717) is 6.54 Å². The monoisotopic (exact) mass is 342 g/mol. The van der Waals surface area contributed by atoms with Gasteiger partial charge in [0.15, 0.2) is 5.96 Å². The van der Waals surface area contributed by atoms with E-state index in [9.17, 15) is 0 Å². The molecule has 2 aromatic rings. The first-order valence-corrected chi connectivity index (χ1v) is 8.79. The standard InChI is InChI=1S/C14H19ClN4S2/c1-4-13-18-10(9-20-13)7-17-14(16-2)19(3)8-11-5-6-12(15)21-11/h5-6,9H,4,7-8H2,1-3H3,(H,16,17). The number of aromatic nitrogens is 1. The van der Waals surface area contributed by atoms with Crippen molar-refractivity contribution in [3.63, 3.8) is 0 Å². The van der Waals surface area contributed by atoms with Crippen molar-refractivity contribution in [1.82, 2.24) is 15.2 Å². The highest BCUT2D eigenvalue weighted by atomic mass is 35.5. The third-order valence-corrected chi connectivity index (χ3v) is 5.18. The summed E-state index contributed by atoms with van der Waals surface area (Å²) in [7, 11) is 3.81. The van der Waals surface area contributed by atoms with Gasteiger partial charge in [-0.1, -0.05) is 18.5 Å². The van der Waals surface area contributed by atoms with E-state index in [2.05, 4.69) is 32.5 Å². The van der Waals surface area contributed by atoms with Crippen LogP contribution in [0.3, 0.4) is 0 Å². The summed E-state index contributed by atoms with van der Waals surface area (Å²) in [6.07, 6.45) is 0.985. The minimum absolute atomic E-state index is 0.693. The number of halogens is 1. The second kappa shape index (κ2) is 7.77. The van der Waals surface area contributed by atoms with Crippen LogP contribution in [-0.4, -0.2) is 29.9 Å². The van der Waals surface area contributed by atoms with Gasteiger partial charge in [0, 0.05) is 24.4 Å². The molecule has 0 radical (unpaired) electrons. The Balaban J connectivity index is 1.90. The van der Waals surface area contributed by atoms with Crippen molar-refractivity contribution in [2.75, 3.05) is 14.1 Å². The largest absolute Gasteiger partial charge is 0.351 e. The fourth-order valence-electron chi connectivity index (χ4n) is 1.89. The van der Waals surface area contributed by atoms with E-state index in [-0.39, 0.29) is 0 Å². The zero-order chi connectivity index (χ0) is 15.2. The van der Waals surface area contributed by atoms with Crippen LogP contribution in [0.2, 0.25) is 4.34 Å². The summed E-state index contributed by atoms with van der Waals surface area (Å²) >= 11 is 9.26. The fraction of sp³-hybridized carbons (Fsp3) is 0.429. The molecule has 2 aromatic heterocycles. The lowest BCUT2D eigenvalue weighted by atomic mass is 10.4. The van der Waals surface area contributed by atoms with Gasteiger partial charge in [0.25, 0.3) is 0 Å². The van der Waals surface area contributed by atoms with Crippen LogP contribution in [-0.2, 0) is 19.5 Å². The molecule has 4 nitrogen and oxygen atoms in total. The smallest absolute Gasteiger partial charge is 0.194 e. The Kier molecular flexibility index (Phi) is 6.02. The van der Waals surface area contributed by atoms with Crippen LogP contribution in [0.5, 0.6) is 0 Å². The minimum atomic E-state index is 0.693. The SMILES string of the molecule is CCc1nc(CNC(=NC)N(C)Cc2ccc(Cl)s2)cs1. The number of nitrogens with one attached hydrogen (secondary N) is 1. The van der Waals surface area contributed by atoms with Crippen LogP contribution < -0.4 is 5.32 Å². The lowest BCUT2D eigenvalue weighted by Gasteiger charge is -2.21. The first-order valence-electron chi connectivity index (χ1n) is 6.71. The lowest BCUT2D eigenvalue weighted by molar-refractivity contribution is 0.480. The maximum absolute atomic E-state index is 5.96. The number of rotatable bonds is 5. The molecule has 0 aliphatic heterocycles. The van der Waals surface area contributed by atoms with Gasteiger partial charge in [-0.25, -0.2) is 4.98 Å². The van der Waals surface area contributed by atoms with Gasteiger partial charge in [0.1, 0.15) is 0 Å². The Labute approximate surface area is 138 Å². The van der Waals surface area contributed by atoms with Crippen LogP contribution >= 0.6 is 34.3 Å². The number of thiophene rings is 1. The summed E-state index contributed by atoms with van der Waals surface area (Å²) in [5.74, 6) is 0.852. The number of hydrogen-bond acceptors (Lipinski definition) is 4. The van der Waals surface area contributed by atoms with Gasteiger partial charge in [-0.05, 0) is 18.6 Å². The molecule has 7 heteroatoms. The van der Waals surface area contributed by atoms with Crippen molar-refractivity contribution < 1.29 is 0 Å². The van der Waals surface area contributed by atoms with E-state index in [1.165, 1.54) is 9.88 Å². The molecule has 0 spiro atoms. The van der Waals surface area contributed by atoms with Gasteiger partial charge in [-0.2, -0.15) is 0 Å². The van der Waals surface area contributed by atoms with E-state index in [4.69, 9.17) is 11.6 Å². The van der Waals surface area contributed by atoms with Gasteiger partial charge in [-0.15, -0.1) is 22.7 Å². The first kappa shape index (κ1) is 16.3. The molecule has 0 aromatic carbocycles. The molecular formula is C14H19ClN4S2. The van der Waals surface area contributed by atoms with Crippen molar-refractivity contribution in [2.24, 2.45) is 4.99 Å². The number of thiazole rings is 1. The molecule has 114 valence electrons. The zero-order valence-corrected chi connectivity index (χ0v) is 14.8. The molecule has 0 aliphatic rings. The number of nitrogens with zero attached hydrogens (tertiary/aromatic N) is 3. The Morgan fingerprint density at radius 2 is 2.29 bits per heavy atom. The average molecular weight is 343 g/mol. The molecule has 0 saturated heterocycles. The molecule has 2 heterocycles. The zero-order valence-electron chi connectivity index (χ0n) is 12.4. The lowest BCUT2D eigenvalue weighted by Crippen LogP contribution is -2.37. The maximum atomic E-state index is 5.96. The Morgan fingerprint density at radius 1 is 1.48 bits per heavy atom. The third-order valence-electron chi connectivity index (χ3n) is 2.92. The first-order chi connectivity index (χ1) is 10.1. The number of aliphatic imine (C=N–C) groups is 1. The molecule has 1 N–H and O–H groups in total. The molecule has 0 saturated carbocycles. The van der Waals surface area contributed by atoms with Crippen LogP contribution in [0.4, 0.5) is 0 Å². The summed E-state index contributed by atoms with van der Waals surface area (Å²) in [4.78, 5) is 12.2. The van der Waals surface area contributed by atoms with Crippen molar-refractivity contribution >= 4 is 40.2 Å². The molecular weight excluding hydrogens is 324 g/mol. The highest BCUT2D eigenvalue weighted by Gasteiger charge is 2.09. The molecule has 0 unspecified atom stereocenters. The van der Waals surface area contributed by atoms with E-state index in [0.717, 1.165) is 29.0 Å².